The van der Waals surface area contributed by atoms with Gasteiger partial charge in [-0.05, 0) is 30.0 Å². The van der Waals surface area contributed by atoms with Gasteiger partial charge in [0.05, 0.1) is 17.3 Å². The van der Waals surface area contributed by atoms with Gasteiger partial charge in [0.15, 0.2) is 0 Å². The molecular formula is C18H20N4OS. The number of para-hydroxylation sites is 1. The molecule has 1 fully saturated rings. The first-order valence-electron chi connectivity index (χ1n) is 7.99. The summed E-state index contributed by atoms with van der Waals surface area (Å²) in [6, 6.07) is 13.7. The maximum Gasteiger partial charge on any atom is 0.234 e. The summed E-state index contributed by atoms with van der Waals surface area (Å²) in [6.07, 6.45) is 1.55. The molecule has 0 radical (unpaired) electrons. The molecule has 2 atom stereocenters. The Morgan fingerprint density at radius 1 is 1.42 bits per heavy atom. The molecule has 1 amide bonds. The van der Waals surface area contributed by atoms with Crippen molar-refractivity contribution in [3.8, 4) is 6.07 Å². The first-order chi connectivity index (χ1) is 11.7. The minimum atomic E-state index is -0.361. The molecule has 124 valence electrons. The largest absolute Gasteiger partial charge is 0.369 e. The zero-order valence-corrected chi connectivity index (χ0v) is 14.1. The Morgan fingerprint density at radius 2 is 2.25 bits per heavy atom. The van der Waals surface area contributed by atoms with Gasteiger partial charge in [-0.3, -0.25) is 4.79 Å². The van der Waals surface area contributed by atoms with Crippen LogP contribution in [0.5, 0.6) is 0 Å². The van der Waals surface area contributed by atoms with Crippen LogP contribution in [0.2, 0.25) is 0 Å². The topological polar surface area (TPSA) is 82.2 Å². The lowest BCUT2D eigenvalue weighted by Gasteiger charge is -2.22. The van der Waals surface area contributed by atoms with Crippen LogP contribution >= 0.6 is 11.3 Å². The fourth-order valence-electron chi connectivity index (χ4n) is 3.12. The zero-order valence-electron chi connectivity index (χ0n) is 13.3. The summed E-state index contributed by atoms with van der Waals surface area (Å²) < 4.78 is 0. The quantitative estimate of drug-likeness (QED) is 0.841. The van der Waals surface area contributed by atoms with E-state index in [1.54, 1.807) is 11.3 Å². The fourth-order valence-corrected chi connectivity index (χ4v) is 3.87. The van der Waals surface area contributed by atoms with Gasteiger partial charge in [0.1, 0.15) is 6.07 Å². The van der Waals surface area contributed by atoms with Gasteiger partial charge in [-0.25, -0.2) is 0 Å². The number of hydrogen-bond donors (Lipinski definition) is 2. The summed E-state index contributed by atoms with van der Waals surface area (Å²) >= 11 is 1.63. The molecule has 1 aliphatic rings. The average molecular weight is 340 g/mol. The maximum atomic E-state index is 11.8. The number of nitrogens with zero attached hydrogens (tertiary/aromatic N) is 2. The third kappa shape index (κ3) is 3.75. The van der Waals surface area contributed by atoms with Crippen LogP contribution in [0, 0.1) is 11.3 Å². The van der Waals surface area contributed by atoms with Gasteiger partial charge in [0.2, 0.25) is 5.91 Å². The number of thiophene rings is 1. The first-order valence-corrected chi connectivity index (χ1v) is 8.87. The number of carbonyl (C=O) groups is 1. The highest BCUT2D eigenvalue weighted by atomic mass is 32.1. The van der Waals surface area contributed by atoms with E-state index in [9.17, 15) is 10.1 Å². The van der Waals surface area contributed by atoms with Crippen LogP contribution in [0.25, 0.3) is 0 Å². The maximum absolute atomic E-state index is 11.8. The summed E-state index contributed by atoms with van der Waals surface area (Å²) in [7, 11) is 0. The van der Waals surface area contributed by atoms with Gasteiger partial charge in [-0.1, -0.05) is 18.2 Å². The van der Waals surface area contributed by atoms with Crippen LogP contribution in [0.4, 0.5) is 5.69 Å². The molecule has 1 aromatic heterocycles. The lowest BCUT2D eigenvalue weighted by Crippen LogP contribution is -2.48. The highest BCUT2D eigenvalue weighted by molar-refractivity contribution is 7.09. The minimum Gasteiger partial charge on any atom is -0.369 e. The van der Waals surface area contributed by atoms with Crippen LogP contribution in [0.15, 0.2) is 41.8 Å². The summed E-state index contributed by atoms with van der Waals surface area (Å²) in [5, 5.41) is 14.7. The number of nitrogens with one attached hydrogen (secondary N) is 1. The van der Waals surface area contributed by atoms with Crippen LogP contribution in [-0.2, 0) is 11.2 Å². The molecular weight excluding hydrogens is 320 g/mol. The van der Waals surface area contributed by atoms with Crippen LogP contribution in [0.1, 0.15) is 16.9 Å². The Labute approximate surface area is 145 Å². The molecule has 3 rings (SSSR count). The van der Waals surface area contributed by atoms with Gasteiger partial charge in [0, 0.05) is 30.4 Å². The number of nitriles is 1. The van der Waals surface area contributed by atoms with Crippen molar-refractivity contribution in [1.82, 2.24) is 5.32 Å². The Kier molecular flexibility index (Phi) is 5.14. The fraction of sp³-hybridized carbons (Fsp3) is 0.333. The highest BCUT2D eigenvalue weighted by Crippen LogP contribution is 2.24. The van der Waals surface area contributed by atoms with Crippen molar-refractivity contribution in [3.05, 3.63) is 52.2 Å². The molecule has 5 nitrogen and oxygen atoms in total. The van der Waals surface area contributed by atoms with E-state index in [-0.39, 0.29) is 18.0 Å². The van der Waals surface area contributed by atoms with Gasteiger partial charge in [-0.15, -0.1) is 11.3 Å². The number of hydrogen-bond acceptors (Lipinski definition) is 5. The van der Waals surface area contributed by atoms with Crippen LogP contribution in [-0.4, -0.2) is 31.1 Å². The molecule has 24 heavy (non-hydrogen) atoms. The predicted molar refractivity (Wildman–Crippen MR) is 95.9 cm³/mol. The van der Waals surface area contributed by atoms with E-state index in [2.05, 4.69) is 16.3 Å². The summed E-state index contributed by atoms with van der Waals surface area (Å²) in [6.45, 7) is 1.63. The van der Waals surface area contributed by atoms with E-state index in [0.29, 0.717) is 12.0 Å². The SMILES string of the molecule is N#Cc1ccccc1N1CC[C@H](N[C@@H](Cc2cccs2)C(N)=O)C1. The second-order valence-electron chi connectivity index (χ2n) is 5.97. The number of anilines is 1. The number of primary amides is 1. The average Bonchev–Trinajstić information content (AvgIpc) is 3.26. The second kappa shape index (κ2) is 7.47. The lowest BCUT2D eigenvalue weighted by molar-refractivity contribution is -0.120. The molecule has 3 N–H and O–H groups in total. The van der Waals surface area contributed by atoms with Crippen molar-refractivity contribution in [3.63, 3.8) is 0 Å². The monoisotopic (exact) mass is 340 g/mol. The molecule has 0 aliphatic carbocycles. The van der Waals surface area contributed by atoms with E-state index < -0.39 is 0 Å². The Bertz CT molecular complexity index is 738. The Balaban J connectivity index is 1.64. The van der Waals surface area contributed by atoms with E-state index >= 15 is 0 Å². The van der Waals surface area contributed by atoms with Crippen molar-refractivity contribution in [2.45, 2.75) is 24.9 Å². The van der Waals surface area contributed by atoms with Crippen molar-refractivity contribution in [2.75, 3.05) is 18.0 Å². The molecule has 1 saturated heterocycles. The van der Waals surface area contributed by atoms with Crippen LogP contribution < -0.4 is 16.0 Å². The molecule has 0 unspecified atom stereocenters. The normalized spacial score (nSPS) is 18.3. The summed E-state index contributed by atoms with van der Waals surface area (Å²) in [5.74, 6) is -0.320. The summed E-state index contributed by atoms with van der Waals surface area (Å²) in [4.78, 5) is 15.1. The van der Waals surface area contributed by atoms with Gasteiger partial charge in [-0.2, -0.15) is 5.26 Å². The van der Waals surface area contributed by atoms with Gasteiger partial charge in [0.25, 0.3) is 0 Å². The number of rotatable bonds is 6. The minimum absolute atomic E-state index is 0.189. The van der Waals surface area contributed by atoms with Gasteiger partial charge >= 0.3 is 0 Å². The van der Waals surface area contributed by atoms with Gasteiger partial charge < -0.3 is 16.0 Å². The standard InChI is InChI=1S/C18H20N4OS/c19-11-13-4-1-2-6-17(13)22-8-7-14(12-22)21-16(18(20)23)10-15-5-3-9-24-15/h1-6,9,14,16,21H,7-8,10,12H2,(H2,20,23)/t14-,16-/m0/s1. The smallest absolute Gasteiger partial charge is 0.234 e. The third-order valence-corrected chi connectivity index (χ3v) is 5.22. The number of benzene rings is 1. The number of nitrogens with two attached hydrogens (primary N) is 1. The molecule has 1 aliphatic heterocycles. The number of amides is 1. The molecule has 2 aromatic rings. The Morgan fingerprint density at radius 3 is 2.96 bits per heavy atom. The molecule has 0 bridgehead atoms. The van der Waals surface area contributed by atoms with Crippen molar-refractivity contribution in [1.29, 1.82) is 5.26 Å². The first kappa shape index (κ1) is 16.5. The van der Waals surface area contributed by atoms with E-state index in [4.69, 9.17) is 5.73 Å². The number of carbonyl (C=O) groups excluding carboxylic acids is 1. The predicted octanol–water partition coefficient (Wildman–Crippen LogP) is 1.88. The van der Waals surface area contributed by atoms with Crippen molar-refractivity contribution < 1.29 is 4.79 Å². The highest BCUT2D eigenvalue weighted by Gasteiger charge is 2.28. The molecule has 0 spiro atoms. The van der Waals surface area contributed by atoms with Crippen molar-refractivity contribution in [2.24, 2.45) is 5.73 Å². The molecule has 0 saturated carbocycles. The zero-order chi connectivity index (χ0) is 16.9. The van der Waals surface area contributed by atoms with Crippen molar-refractivity contribution >= 4 is 22.9 Å². The van der Waals surface area contributed by atoms with E-state index in [0.717, 1.165) is 30.1 Å². The Hall–Kier alpha value is -2.36. The van der Waals surface area contributed by atoms with E-state index in [1.807, 2.05) is 41.8 Å². The molecule has 2 heterocycles. The second-order valence-corrected chi connectivity index (χ2v) is 7.00. The molecule has 1 aromatic carbocycles. The van der Waals surface area contributed by atoms with Crippen LogP contribution in [0.3, 0.4) is 0 Å². The van der Waals surface area contributed by atoms with E-state index in [1.165, 1.54) is 0 Å². The summed E-state index contributed by atoms with van der Waals surface area (Å²) in [5.41, 5.74) is 7.21. The lowest BCUT2D eigenvalue weighted by atomic mass is 10.1. The third-order valence-electron chi connectivity index (χ3n) is 4.32. The molecule has 6 heteroatoms.